The Morgan fingerprint density at radius 1 is 1.33 bits per heavy atom. The first kappa shape index (κ1) is 8.67. The van der Waals surface area contributed by atoms with Gasteiger partial charge in [-0.2, -0.15) is 0 Å². The molecule has 0 aliphatic rings. The van der Waals surface area contributed by atoms with Crippen LogP contribution in [0.25, 0.3) is 0 Å². The maximum absolute atomic E-state index is 10.3. The van der Waals surface area contributed by atoms with E-state index in [1.54, 1.807) is 0 Å². The normalized spacial score (nSPS) is 16.8. The maximum atomic E-state index is 10.3. The number of rotatable bonds is 4. The Labute approximate surface area is 57.5 Å². The van der Waals surface area contributed by atoms with Gasteiger partial charge in [0.25, 0.3) is 0 Å². The van der Waals surface area contributed by atoms with Gasteiger partial charge in [0.15, 0.2) is 0 Å². The average molecular weight is 128 g/mol. The maximum Gasteiger partial charge on any atom is 0.123 e. The third kappa shape index (κ3) is 2.64. The monoisotopic (exact) mass is 128 g/mol. The fourth-order valence-electron chi connectivity index (χ4n) is 0.935. The molecule has 0 rings (SSSR count). The first-order valence-electron chi connectivity index (χ1n) is 3.71. The fraction of sp³-hybridized carbons (Fsp3) is 0.875. The summed E-state index contributed by atoms with van der Waals surface area (Å²) in [5, 5.41) is 0. The first-order chi connectivity index (χ1) is 4.26. The quantitative estimate of drug-likeness (QED) is 0.531. The van der Waals surface area contributed by atoms with Gasteiger partial charge >= 0.3 is 0 Å². The molecule has 0 aromatic carbocycles. The Kier molecular flexibility index (Phi) is 4.37. The zero-order valence-corrected chi connectivity index (χ0v) is 6.55. The van der Waals surface area contributed by atoms with Crippen LogP contribution in [0, 0.1) is 11.8 Å². The molecule has 2 atom stereocenters. The van der Waals surface area contributed by atoms with Crippen LogP contribution in [0.3, 0.4) is 0 Å². The molecular formula is C8H16O. The van der Waals surface area contributed by atoms with Crippen molar-refractivity contribution in [3.63, 3.8) is 0 Å². The molecule has 9 heavy (non-hydrogen) atoms. The van der Waals surface area contributed by atoms with Crippen LogP contribution in [-0.2, 0) is 4.79 Å². The lowest BCUT2D eigenvalue weighted by atomic mass is 9.91. The highest BCUT2D eigenvalue weighted by Gasteiger charge is 2.10. The molecule has 0 aromatic heterocycles. The van der Waals surface area contributed by atoms with E-state index in [9.17, 15) is 4.79 Å². The van der Waals surface area contributed by atoms with Gasteiger partial charge < -0.3 is 4.79 Å². The van der Waals surface area contributed by atoms with Gasteiger partial charge in [0.05, 0.1) is 0 Å². The lowest BCUT2D eigenvalue weighted by molar-refractivity contribution is -0.112. The predicted octanol–water partition coefficient (Wildman–Crippen LogP) is 2.26. The van der Waals surface area contributed by atoms with Crippen molar-refractivity contribution in [2.24, 2.45) is 11.8 Å². The van der Waals surface area contributed by atoms with E-state index in [2.05, 4.69) is 20.8 Å². The van der Waals surface area contributed by atoms with Crippen LogP contribution in [0.15, 0.2) is 0 Å². The molecule has 0 saturated carbocycles. The van der Waals surface area contributed by atoms with Gasteiger partial charge in [-0.3, -0.25) is 0 Å². The molecular weight excluding hydrogens is 112 g/mol. The van der Waals surface area contributed by atoms with E-state index in [1.165, 1.54) is 0 Å². The van der Waals surface area contributed by atoms with Crippen molar-refractivity contribution in [1.82, 2.24) is 0 Å². The van der Waals surface area contributed by atoms with Crippen molar-refractivity contribution >= 4 is 6.29 Å². The smallest absolute Gasteiger partial charge is 0.123 e. The Morgan fingerprint density at radius 2 is 1.89 bits per heavy atom. The van der Waals surface area contributed by atoms with Gasteiger partial charge in [0.2, 0.25) is 0 Å². The molecule has 0 aliphatic heterocycles. The summed E-state index contributed by atoms with van der Waals surface area (Å²) < 4.78 is 0. The van der Waals surface area contributed by atoms with Crippen LogP contribution >= 0.6 is 0 Å². The van der Waals surface area contributed by atoms with E-state index in [4.69, 9.17) is 0 Å². The summed E-state index contributed by atoms with van der Waals surface area (Å²) in [7, 11) is 0. The number of carbonyl (C=O) groups excluding carboxylic acids is 1. The van der Waals surface area contributed by atoms with Crippen molar-refractivity contribution in [2.75, 3.05) is 0 Å². The van der Waals surface area contributed by atoms with Crippen molar-refractivity contribution in [3.05, 3.63) is 0 Å². The van der Waals surface area contributed by atoms with Crippen molar-refractivity contribution in [2.45, 2.75) is 33.6 Å². The number of carbonyl (C=O) groups is 1. The minimum Gasteiger partial charge on any atom is -0.303 e. The summed E-state index contributed by atoms with van der Waals surface area (Å²) in [5.41, 5.74) is 0. The molecule has 1 heteroatoms. The summed E-state index contributed by atoms with van der Waals surface area (Å²) in [4.78, 5) is 10.3. The lowest BCUT2D eigenvalue weighted by Crippen LogP contribution is -2.10. The molecule has 0 spiro atoms. The second-order valence-electron chi connectivity index (χ2n) is 2.59. The van der Waals surface area contributed by atoms with Crippen LogP contribution < -0.4 is 0 Å². The van der Waals surface area contributed by atoms with Gasteiger partial charge in [-0.15, -0.1) is 0 Å². The Hall–Kier alpha value is -0.330. The second kappa shape index (κ2) is 4.54. The standard InChI is InChI=1S/C8H16O/c1-4-7(3)8(5-2)6-9/h6-8H,4-5H2,1-3H3. The summed E-state index contributed by atoms with van der Waals surface area (Å²) in [6, 6.07) is 0. The van der Waals surface area contributed by atoms with Crippen molar-refractivity contribution in [1.29, 1.82) is 0 Å². The summed E-state index contributed by atoms with van der Waals surface area (Å²) in [6.45, 7) is 6.31. The van der Waals surface area contributed by atoms with Crippen LogP contribution in [-0.4, -0.2) is 6.29 Å². The molecule has 54 valence electrons. The molecule has 0 N–H and O–H groups in total. The molecule has 0 aliphatic carbocycles. The number of hydrogen-bond acceptors (Lipinski definition) is 1. The highest BCUT2D eigenvalue weighted by Crippen LogP contribution is 2.15. The Bertz CT molecular complexity index is 78.6. The highest BCUT2D eigenvalue weighted by atomic mass is 16.1. The number of hydrogen-bond donors (Lipinski definition) is 0. The molecule has 0 radical (unpaired) electrons. The second-order valence-corrected chi connectivity index (χ2v) is 2.59. The molecule has 0 amide bonds. The van der Waals surface area contributed by atoms with Crippen LogP contribution in [0.4, 0.5) is 0 Å². The molecule has 0 saturated heterocycles. The zero-order chi connectivity index (χ0) is 7.28. The van der Waals surface area contributed by atoms with E-state index < -0.39 is 0 Å². The topological polar surface area (TPSA) is 17.1 Å². The molecule has 2 unspecified atom stereocenters. The molecule has 0 bridgehead atoms. The van der Waals surface area contributed by atoms with Gasteiger partial charge in [-0.1, -0.05) is 27.2 Å². The summed E-state index contributed by atoms with van der Waals surface area (Å²) in [6.07, 6.45) is 3.17. The first-order valence-corrected chi connectivity index (χ1v) is 3.71. The molecule has 0 fully saturated rings. The van der Waals surface area contributed by atoms with Crippen LogP contribution in [0.1, 0.15) is 33.6 Å². The highest BCUT2D eigenvalue weighted by molar-refractivity contribution is 5.53. The van der Waals surface area contributed by atoms with E-state index in [-0.39, 0.29) is 5.92 Å². The summed E-state index contributed by atoms with van der Waals surface area (Å²) in [5.74, 6) is 0.850. The van der Waals surface area contributed by atoms with E-state index in [0.717, 1.165) is 19.1 Å². The minimum absolute atomic E-state index is 0.287. The largest absolute Gasteiger partial charge is 0.303 e. The third-order valence-corrected chi connectivity index (χ3v) is 2.02. The minimum atomic E-state index is 0.287. The van der Waals surface area contributed by atoms with E-state index in [1.807, 2.05) is 0 Å². The molecule has 0 aromatic rings. The SMILES string of the molecule is CCC(C)C(C=O)CC. The van der Waals surface area contributed by atoms with Gasteiger partial charge in [-0.05, 0) is 12.3 Å². The Balaban J connectivity index is 3.63. The third-order valence-electron chi connectivity index (χ3n) is 2.02. The zero-order valence-electron chi connectivity index (χ0n) is 6.55. The lowest BCUT2D eigenvalue weighted by Gasteiger charge is -2.13. The van der Waals surface area contributed by atoms with E-state index in [0.29, 0.717) is 5.92 Å². The van der Waals surface area contributed by atoms with Gasteiger partial charge in [0.1, 0.15) is 6.29 Å². The van der Waals surface area contributed by atoms with Gasteiger partial charge in [-0.25, -0.2) is 0 Å². The average Bonchev–Trinajstić information content (AvgIpc) is 1.90. The molecule has 0 heterocycles. The Morgan fingerprint density at radius 3 is 2.00 bits per heavy atom. The predicted molar refractivity (Wildman–Crippen MR) is 39.3 cm³/mol. The van der Waals surface area contributed by atoms with Gasteiger partial charge in [0, 0.05) is 5.92 Å². The van der Waals surface area contributed by atoms with Crippen molar-refractivity contribution < 1.29 is 4.79 Å². The fourth-order valence-corrected chi connectivity index (χ4v) is 0.935. The van der Waals surface area contributed by atoms with Crippen molar-refractivity contribution in [3.8, 4) is 0 Å². The van der Waals surface area contributed by atoms with Crippen LogP contribution in [0.5, 0.6) is 0 Å². The molecule has 1 nitrogen and oxygen atoms in total. The summed E-state index contributed by atoms with van der Waals surface area (Å²) >= 11 is 0. The number of aldehydes is 1. The van der Waals surface area contributed by atoms with Crippen LogP contribution in [0.2, 0.25) is 0 Å². The van der Waals surface area contributed by atoms with E-state index >= 15 is 0 Å².